The summed E-state index contributed by atoms with van der Waals surface area (Å²) < 4.78 is 52.4. The number of hydrogen-bond acceptors (Lipinski definition) is 7. The number of ether oxygens (including phenoxy) is 4. The van der Waals surface area contributed by atoms with Crippen LogP contribution in [0.1, 0.15) is 116 Å². The number of carbonyl (C=O) groups excluding carboxylic acids is 3. The molecular formula is C41H60F2N2O7Sn. The van der Waals surface area contributed by atoms with Gasteiger partial charge in [-0.3, -0.25) is 9.69 Å². The Morgan fingerprint density at radius 3 is 1.36 bits per heavy atom. The summed E-state index contributed by atoms with van der Waals surface area (Å²) in [6, 6.07) is 13.9. The molecule has 0 bridgehead atoms. The van der Waals surface area contributed by atoms with E-state index < -0.39 is 90.9 Å². The maximum atomic E-state index is 14.0. The van der Waals surface area contributed by atoms with Crippen LogP contribution in [0.15, 0.2) is 48.5 Å². The van der Waals surface area contributed by atoms with Gasteiger partial charge in [-0.15, -0.1) is 0 Å². The van der Waals surface area contributed by atoms with Gasteiger partial charge in [-0.25, -0.2) is 9.18 Å². The van der Waals surface area contributed by atoms with E-state index in [2.05, 4.69) is 27.0 Å². The van der Waals surface area contributed by atoms with Gasteiger partial charge in [0.15, 0.2) is 5.78 Å². The number of rotatable bonds is 7. The van der Waals surface area contributed by atoms with Crippen molar-refractivity contribution in [1.29, 1.82) is 0 Å². The van der Waals surface area contributed by atoms with Crippen LogP contribution in [0.5, 0.6) is 0 Å². The molecule has 12 heteroatoms. The summed E-state index contributed by atoms with van der Waals surface area (Å²) >= 11 is -2.15. The van der Waals surface area contributed by atoms with Gasteiger partial charge in [0.2, 0.25) is 0 Å². The molecule has 3 aliphatic rings. The monoisotopic (exact) mass is 850 g/mol. The molecule has 53 heavy (non-hydrogen) atoms. The second kappa shape index (κ2) is 15.8. The van der Waals surface area contributed by atoms with Crippen molar-refractivity contribution in [3.05, 3.63) is 65.2 Å². The molecule has 0 unspecified atom stereocenters. The van der Waals surface area contributed by atoms with E-state index in [0.717, 1.165) is 24.0 Å². The largest absolute Gasteiger partial charge is 0.444 e. The van der Waals surface area contributed by atoms with Crippen molar-refractivity contribution < 1.29 is 42.1 Å². The maximum Gasteiger partial charge on any atom is 0.413 e. The molecule has 0 radical (unpaired) electrons. The molecule has 2 heterocycles. The second-order valence-electron chi connectivity index (χ2n) is 18.2. The summed E-state index contributed by atoms with van der Waals surface area (Å²) in [4.78, 5) is 47.3. The number of ketones is 1. The average molecular weight is 850 g/mol. The minimum atomic E-state index is -2.15. The average Bonchev–Trinajstić information content (AvgIpc) is 3.78. The molecule has 0 N–H and O–H groups in total. The molecule has 3 fully saturated rings. The Morgan fingerprint density at radius 1 is 0.698 bits per heavy atom. The number of benzene rings is 2. The molecule has 2 amide bonds. The third kappa shape index (κ3) is 10.5. The van der Waals surface area contributed by atoms with Crippen LogP contribution in [0.3, 0.4) is 0 Å². The molecule has 0 spiro atoms. The van der Waals surface area contributed by atoms with Crippen LogP contribution in [-0.2, 0) is 18.9 Å². The fourth-order valence-corrected chi connectivity index (χ4v) is 10.1. The molecule has 2 aromatic rings. The third-order valence-corrected chi connectivity index (χ3v) is 15.3. The Bertz CT molecular complexity index is 1610. The number of alkyl halides is 2. The first-order valence-corrected chi connectivity index (χ1v) is 28.6. The Labute approximate surface area is 318 Å². The van der Waals surface area contributed by atoms with Gasteiger partial charge in [-0.1, -0.05) is 24.3 Å². The van der Waals surface area contributed by atoms with E-state index >= 15 is 0 Å². The minimum Gasteiger partial charge on any atom is -0.444 e. The topological polar surface area (TPSA) is 94.6 Å². The van der Waals surface area contributed by atoms with Crippen molar-refractivity contribution in [2.45, 2.75) is 144 Å². The summed E-state index contributed by atoms with van der Waals surface area (Å²) in [6.45, 7) is 16.3. The van der Waals surface area contributed by atoms with E-state index in [-0.39, 0.29) is 11.7 Å². The fourth-order valence-electron chi connectivity index (χ4n) is 6.77. The fraction of sp³-hybridized carbons (Fsp3) is 0.634. The summed E-state index contributed by atoms with van der Waals surface area (Å²) in [5.74, 6) is 0.311. The Kier molecular flexibility index (Phi) is 12.8. The first-order valence-electron chi connectivity index (χ1n) is 18.6. The van der Waals surface area contributed by atoms with E-state index in [4.69, 9.17) is 18.9 Å². The zero-order valence-electron chi connectivity index (χ0n) is 33.8. The smallest absolute Gasteiger partial charge is 0.413 e. The molecule has 2 aromatic carbocycles. The Balaban J connectivity index is 0.000000237. The summed E-state index contributed by atoms with van der Waals surface area (Å²) in [7, 11) is 0. The van der Waals surface area contributed by atoms with Crippen molar-refractivity contribution >= 4 is 39.9 Å². The predicted octanol–water partition coefficient (Wildman–Crippen LogP) is 9.28. The molecule has 0 aromatic heterocycles. The number of hydrogen-bond donors (Lipinski definition) is 0. The van der Waals surface area contributed by atoms with Gasteiger partial charge in [0.05, 0.1) is 6.04 Å². The summed E-state index contributed by atoms with van der Waals surface area (Å²) in [6.07, 6.45) is -0.368. The standard InChI is InChI=1S/C21H28FNO4.C17H23FNO3.3CH3.Sn/c1-20(2,3)27-19(25)23-16(12-22)18(26-21(23,4)5)15-10-8-14(9-11-15)17(24)13-6-7-13;1-16(2,3)22-15(20)19-13(11-18)14(21-17(19,4)5)12-9-7-6-8-10-12;;;;/h8-11,13,16,18H,6-7,12H2,1-5H3;7-10,13-14H,11H2,1-5H3;3*1H3;/t16-,18-;13-,14-;;;;/m11..../s1. The van der Waals surface area contributed by atoms with E-state index in [1.807, 2.05) is 12.1 Å². The molecular weight excluding hydrogens is 789 g/mol. The van der Waals surface area contributed by atoms with Gasteiger partial charge in [0.25, 0.3) is 0 Å². The van der Waals surface area contributed by atoms with Gasteiger partial charge in [-0.05, 0) is 53.0 Å². The van der Waals surface area contributed by atoms with Gasteiger partial charge in [0.1, 0.15) is 24.1 Å². The maximum absolute atomic E-state index is 14.0. The molecule has 2 aliphatic heterocycles. The van der Waals surface area contributed by atoms with E-state index in [1.165, 1.54) is 13.4 Å². The quantitative estimate of drug-likeness (QED) is 0.203. The minimum absolute atomic E-state index is 0.152. The van der Waals surface area contributed by atoms with Crippen molar-refractivity contribution in [2.75, 3.05) is 13.3 Å². The zero-order valence-corrected chi connectivity index (χ0v) is 36.7. The van der Waals surface area contributed by atoms with Crippen LogP contribution >= 0.6 is 0 Å². The number of halogens is 2. The molecule has 9 nitrogen and oxygen atoms in total. The number of Topliss-reactive ketones (excluding diaryl/α,β-unsaturated/α-hetero) is 1. The number of carbonyl (C=O) groups is 3. The molecule has 1 saturated carbocycles. The molecule has 2 saturated heterocycles. The van der Waals surface area contributed by atoms with Crippen LogP contribution in [-0.4, -0.2) is 94.2 Å². The molecule has 294 valence electrons. The van der Waals surface area contributed by atoms with Crippen molar-refractivity contribution in [3.8, 4) is 0 Å². The molecule has 1 aliphatic carbocycles. The zero-order chi connectivity index (χ0) is 39.9. The van der Waals surface area contributed by atoms with Crippen LogP contribution < -0.4 is 3.58 Å². The first-order chi connectivity index (χ1) is 24.3. The van der Waals surface area contributed by atoms with Crippen LogP contribution in [0.2, 0.25) is 14.8 Å². The summed E-state index contributed by atoms with van der Waals surface area (Å²) in [5, 5.41) is 0. The second-order valence-corrected chi connectivity index (χ2v) is 32.7. The van der Waals surface area contributed by atoms with E-state index in [1.54, 1.807) is 93.5 Å². The van der Waals surface area contributed by atoms with E-state index in [0.29, 0.717) is 5.56 Å². The number of nitrogens with zero attached hydrogens (tertiary/aromatic N) is 2. The predicted molar refractivity (Wildman–Crippen MR) is 204 cm³/mol. The van der Waals surface area contributed by atoms with Crippen molar-refractivity contribution in [3.63, 3.8) is 0 Å². The molecule has 4 atom stereocenters. The third-order valence-electron chi connectivity index (χ3n) is 9.43. The van der Waals surface area contributed by atoms with Gasteiger partial charge in [-0.2, -0.15) is 0 Å². The number of amides is 2. The van der Waals surface area contributed by atoms with Gasteiger partial charge in [0, 0.05) is 11.5 Å². The molecule has 5 rings (SSSR count). The van der Waals surface area contributed by atoms with Crippen LogP contribution in [0.4, 0.5) is 18.4 Å². The Hall–Kier alpha value is -2.77. The Morgan fingerprint density at radius 2 is 1.06 bits per heavy atom. The van der Waals surface area contributed by atoms with Crippen molar-refractivity contribution in [2.24, 2.45) is 5.92 Å². The SMILES string of the molecule is CC(C)(C)OC(=O)N1[C@H](CF)[C@@H](c2cc[c]([Sn]([CH3])([CH3])[CH3])cc2)OC1(C)C.CC(C)(C)OC(=O)N1[C@H](CF)[C@@H](c2ccc(C(=O)C3CC3)cc2)OC1(C)C. The van der Waals surface area contributed by atoms with Crippen LogP contribution in [0, 0.1) is 5.92 Å². The first kappa shape index (κ1) is 43.0. The van der Waals surface area contributed by atoms with Gasteiger partial charge >= 0.3 is 167 Å². The van der Waals surface area contributed by atoms with Gasteiger partial charge < -0.3 is 9.47 Å². The van der Waals surface area contributed by atoms with E-state index in [9.17, 15) is 23.2 Å². The van der Waals surface area contributed by atoms with Crippen LogP contribution in [0.25, 0.3) is 0 Å². The summed E-state index contributed by atoms with van der Waals surface area (Å²) in [5.41, 5.74) is -0.975. The normalized spacial score (nSPS) is 24.0. The van der Waals surface area contributed by atoms with Crippen molar-refractivity contribution in [1.82, 2.24) is 9.80 Å².